The van der Waals surface area contributed by atoms with E-state index in [0.717, 1.165) is 28.7 Å². The number of rotatable bonds is 6. The van der Waals surface area contributed by atoms with Gasteiger partial charge in [-0.25, -0.2) is 0 Å². The molecule has 2 unspecified atom stereocenters. The third-order valence-electron chi connectivity index (χ3n) is 5.43. The number of hydrogen-bond donors (Lipinski definition) is 1. The van der Waals surface area contributed by atoms with Crippen LogP contribution in [0.5, 0.6) is 0 Å². The molecule has 144 valence electrons. The summed E-state index contributed by atoms with van der Waals surface area (Å²) in [5, 5.41) is 12.5. The average Bonchev–Trinajstić information content (AvgIpc) is 3.41. The summed E-state index contributed by atoms with van der Waals surface area (Å²) < 4.78 is 2.03. The number of benzene rings is 2. The van der Waals surface area contributed by atoms with Crippen LogP contribution in [0, 0.1) is 13.8 Å². The Morgan fingerprint density at radius 1 is 1.11 bits per heavy atom. The van der Waals surface area contributed by atoms with Gasteiger partial charge in [-0.2, -0.15) is 0 Å². The van der Waals surface area contributed by atoms with Crippen molar-refractivity contribution in [2.45, 2.75) is 37.3 Å². The minimum atomic E-state index is -0.0307. The molecule has 1 aliphatic rings. The summed E-state index contributed by atoms with van der Waals surface area (Å²) in [7, 11) is 1.99. The van der Waals surface area contributed by atoms with E-state index in [-0.39, 0.29) is 5.91 Å². The van der Waals surface area contributed by atoms with Crippen molar-refractivity contribution in [3.63, 3.8) is 0 Å². The molecule has 1 aliphatic carbocycles. The molecule has 2 aromatic carbocycles. The van der Waals surface area contributed by atoms with Gasteiger partial charge in [0, 0.05) is 18.7 Å². The lowest BCUT2D eigenvalue weighted by Gasteiger charge is -2.10. The van der Waals surface area contributed by atoms with E-state index in [9.17, 15) is 4.79 Å². The van der Waals surface area contributed by atoms with Gasteiger partial charge in [0.05, 0.1) is 5.75 Å². The molecule has 1 N–H and O–H groups in total. The molecule has 0 spiro atoms. The largest absolute Gasteiger partial charge is 0.325 e. The standard InChI is InChI=1S/C22H24N4OS/c1-14-8-7-11-19(15(14)2)23-20(27)13-28-22-25-24-21(26(22)3)18-12-17(18)16-9-5-4-6-10-16/h4-11,17-18H,12-13H2,1-3H3,(H,23,27). The van der Waals surface area contributed by atoms with Crippen molar-refractivity contribution < 1.29 is 4.79 Å². The van der Waals surface area contributed by atoms with Crippen molar-refractivity contribution >= 4 is 23.4 Å². The number of amides is 1. The molecule has 1 amide bonds. The van der Waals surface area contributed by atoms with Gasteiger partial charge in [-0.05, 0) is 48.9 Å². The van der Waals surface area contributed by atoms with Crippen LogP contribution in [0.25, 0.3) is 0 Å². The first kappa shape index (κ1) is 18.7. The molecular weight excluding hydrogens is 368 g/mol. The highest BCUT2D eigenvalue weighted by Gasteiger charge is 2.42. The van der Waals surface area contributed by atoms with Crippen LogP contribution in [0.1, 0.15) is 40.8 Å². The van der Waals surface area contributed by atoms with Crippen molar-refractivity contribution in [3.05, 3.63) is 71.0 Å². The molecule has 1 aromatic heterocycles. The monoisotopic (exact) mass is 392 g/mol. The maximum absolute atomic E-state index is 12.4. The Bertz CT molecular complexity index is 999. The Balaban J connectivity index is 1.36. The molecule has 2 atom stereocenters. The van der Waals surface area contributed by atoms with E-state index < -0.39 is 0 Å². The quantitative estimate of drug-likeness (QED) is 0.630. The Morgan fingerprint density at radius 2 is 1.89 bits per heavy atom. The number of carbonyl (C=O) groups is 1. The average molecular weight is 393 g/mol. The first-order valence-electron chi connectivity index (χ1n) is 9.47. The smallest absolute Gasteiger partial charge is 0.234 e. The molecule has 0 radical (unpaired) electrons. The van der Waals surface area contributed by atoms with Gasteiger partial charge >= 0.3 is 0 Å². The summed E-state index contributed by atoms with van der Waals surface area (Å²) in [6, 6.07) is 16.5. The number of thioether (sulfide) groups is 1. The fraction of sp³-hybridized carbons (Fsp3) is 0.318. The Kier molecular flexibility index (Phi) is 5.22. The van der Waals surface area contributed by atoms with Crippen LogP contribution in [0.4, 0.5) is 5.69 Å². The predicted molar refractivity (Wildman–Crippen MR) is 113 cm³/mol. The van der Waals surface area contributed by atoms with Crippen LogP contribution >= 0.6 is 11.8 Å². The van der Waals surface area contributed by atoms with Crippen LogP contribution in [0.15, 0.2) is 53.7 Å². The van der Waals surface area contributed by atoms with E-state index >= 15 is 0 Å². The highest BCUT2D eigenvalue weighted by Crippen LogP contribution is 2.54. The molecule has 1 saturated carbocycles. The zero-order valence-electron chi connectivity index (χ0n) is 16.3. The summed E-state index contributed by atoms with van der Waals surface area (Å²) in [6.07, 6.45) is 1.10. The molecule has 5 nitrogen and oxygen atoms in total. The van der Waals surface area contributed by atoms with Gasteiger partial charge in [0.25, 0.3) is 0 Å². The lowest BCUT2D eigenvalue weighted by atomic mass is 10.1. The lowest BCUT2D eigenvalue weighted by Crippen LogP contribution is -2.15. The van der Waals surface area contributed by atoms with Crippen molar-refractivity contribution in [2.75, 3.05) is 11.1 Å². The number of aryl methyl sites for hydroxylation is 1. The maximum atomic E-state index is 12.4. The third kappa shape index (κ3) is 3.83. The van der Waals surface area contributed by atoms with Crippen LogP contribution < -0.4 is 5.32 Å². The van der Waals surface area contributed by atoms with Crippen LogP contribution in [-0.2, 0) is 11.8 Å². The van der Waals surface area contributed by atoms with Gasteiger partial charge in [0.2, 0.25) is 5.91 Å². The Labute approximate surface area is 169 Å². The second-order valence-corrected chi connectivity index (χ2v) is 8.29. The number of aromatic nitrogens is 3. The molecule has 4 rings (SSSR count). The van der Waals surface area contributed by atoms with Crippen molar-refractivity contribution in [3.8, 4) is 0 Å². The molecule has 28 heavy (non-hydrogen) atoms. The van der Waals surface area contributed by atoms with E-state index in [2.05, 4.69) is 39.8 Å². The first-order chi connectivity index (χ1) is 13.5. The minimum absolute atomic E-state index is 0.0307. The molecule has 6 heteroatoms. The van der Waals surface area contributed by atoms with E-state index in [0.29, 0.717) is 17.6 Å². The number of hydrogen-bond acceptors (Lipinski definition) is 4. The van der Waals surface area contributed by atoms with E-state index in [1.807, 2.05) is 49.7 Å². The van der Waals surface area contributed by atoms with E-state index in [4.69, 9.17) is 0 Å². The first-order valence-corrected chi connectivity index (χ1v) is 10.5. The second kappa shape index (κ2) is 7.80. The van der Waals surface area contributed by atoms with Crippen molar-refractivity contribution in [1.29, 1.82) is 0 Å². The SMILES string of the molecule is Cc1cccc(NC(=O)CSc2nnc(C3CC3c3ccccc3)n2C)c1C. The molecule has 1 heterocycles. The maximum Gasteiger partial charge on any atom is 0.234 e. The van der Waals surface area contributed by atoms with Gasteiger partial charge in [-0.1, -0.05) is 54.2 Å². The van der Waals surface area contributed by atoms with Gasteiger partial charge in [-0.15, -0.1) is 10.2 Å². The highest BCUT2D eigenvalue weighted by molar-refractivity contribution is 7.99. The second-order valence-electron chi connectivity index (χ2n) is 7.34. The summed E-state index contributed by atoms with van der Waals surface area (Å²) in [6.45, 7) is 4.06. The highest BCUT2D eigenvalue weighted by atomic mass is 32.2. The molecule has 0 bridgehead atoms. The van der Waals surface area contributed by atoms with Gasteiger partial charge in [0.1, 0.15) is 5.82 Å². The van der Waals surface area contributed by atoms with Crippen LogP contribution in [-0.4, -0.2) is 26.4 Å². The predicted octanol–water partition coefficient (Wildman–Crippen LogP) is 4.43. The summed E-state index contributed by atoms with van der Waals surface area (Å²) in [5.41, 5.74) is 4.49. The summed E-state index contributed by atoms with van der Waals surface area (Å²) in [4.78, 5) is 12.4. The number of nitrogens with one attached hydrogen (secondary N) is 1. The van der Waals surface area contributed by atoms with Gasteiger partial charge in [-0.3, -0.25) is 4.79 Å². The fourth-order valence-corrected chi connectivity index (χ4v) is 4.24. The van der Waals surface area contributed by atoms with Gasteiger partial charge < -0.3 is 9.88 Å². The van der Waals surface area contributed by atoms with Crippen LogP contribution in [0.3, 0.4) is 0 Å². The minimum Gasteiger partial charge on any atom is -0.325 e. The number of nitrogens with zero attached hydrogens (tertiary/aromatic N) is 3. The Morgan fingerprint density at radius 3 is 2.68 bits per heavy atom. The van der Waals surface area contributed by atoms with Crippen molar-refractivity contribution in [1.82, 2.24) is 14.8 Å². The van der Waals surface area contributed by atoms with E-state index in [1.165, 1.54) is 22.9 Å². The molecular formula is C22H24N4OS. The third-order valence-corrected chi connectivity index (χ3v) is 6.45. The number of anilines is 1. The van der Waals surface area contributed by atoms with Crippen LogP contribution in [0.2, 0.25) is 0 Å². The molecule has 3 aromatic rings. The van der Waals surface area contributed by atoms with E-state index in [1.54, 1.807) is 0 Å². The number of carbonyl (C=O) groups excluding carboxylic acids is 1. The zero-order valence-corrected chi connectivity index (χ0v) is 17.2. The Hall–Kier alpha value is -2.60. The molecule has 1 fully saturated rings. The summed E-state index contributed by atoms with van der Waals surface area (Å²) >= 11 is 1.42. The normalized spacial score (nSPS) is 18.1. The molecule has 0 saturated heterocycles. The topological polar surface area (TPSA) is 59.8 Å². The summed E-state index contributed by atoms with van der Waals surface area (Å²) in [5.74, 6) is 2.22. The van der Waals surface area contributed by atoms with Crippen molar-refractivity contribution in [2.24, 2.45) is 7.05 Å². The van der Waals surface area contributed by atoms with Gasteiger partial charge in [0.15, 0.2) is 5.16 Å². The fourth-order valence-electron chi connectivity index (χ4n) is 3.53. The zero-order chi connectivity index (χ0) is 19.7. The molecule has 0 aliphatic heterocycles. The lowest BCUT2D eigenvalue weighted by molar-refractivity contribution is -0.113.